The molecule has 2 aromatic rings. The van der Waals surface area contributed by atoms with Crippen molar-refractivity contribution in [2.24, 2.45) is 0 Å². The Bertz CT molecular complexity index is 669. The minimum Gasteiger partial charge on any atom is -0.484 e. The minimum absolute atomic E-state index is 0.0321. The van der Waals surface area contributed by atoms with Crippen LogP contribution in [0.25, 0.3) is 0 Å². The predicted molar refractivity (Wildman–Crippen MR) is 99.1 cm³/mol. The molecule has 1 fully saturated rings. The lowest BCUT2D eigenvalue weighted by molar-refractivity contribution is -0.123. The molecule has 1 aliphatic heterocycles. The molecule has 1 unspecified atom stereocenters. The summed E-state index contributed by atoms with van der Waals surface area (Å²) in [6.07, 6.45) is 0. The van der Waals surface area contributed by atoms with Gasteiger partial charge in [-0.3, -0.25) is 9.69 Å². The molecule has 0 radical (unpaired) electrons. The molecule has 1 saturated heterocycles. The van der Waals surface area contributed by atoms with Crippen LogP contribution in [0.1, 0.15) is 17.2 Å². The van der Waals surface area contributed by atoms with Crippen LogP contribution in [0.15, 0.2) is 41.1 Å². The number of hydrogen-bond acceptors (Lipinski definition) is 5. The van der Waals surface area contributed by atoms with Gasteiger partial charge in [0.2, 0.25) is 0 Å². The zero-order valence-electron chi connectivity index (χ0n) is 14.4. The Morgan fingerprint density at radius 3 is 2.84 bits per heavy atom. The van der Waals surface area contributed by atoms with Gasteiger partial charge in [-0.25, -0.2) is 0 Å². The van der Waals surface area contributed by atoms with Crippen molar-refractivity contribution < 1.29 is 14.3 Å². The van der Waals surface area contributed by atoms with E-state index in [0.717, 1.165) is 37.6 Å². The van der Waals surface area contributed by atoms with Crippen molar-refractivity contribution in [3.63, 3.8) is 0 Å². The van der Waals surface area contributed by atoms with Crippen molar-refractivity contribution in [1.82, 2.24) is 10.2 Å². The number of morpholine rings is 1. The van der Waals surface area contributed by atoms with Crippen LogP contribution < -0.4 is 10.1 Å². The van der Waals surface area contributed by atoms with Crippen LogP contribution in [-0.2, 0) is 9.53 Å². The molecular formula is C19H24N2O3S. The number of nitrogens with one attached hydrogen (secondary N) is 1. The van der Waals surface area contributed by atoms with Crippen molar-refractivity contribution in [3.05, 3.63) is 52.2 Å². The number of carbonyl (C=O) groups is 1. The van der Waals surface area contributed by atoms with E-state index in [-0.39, 0.29) is 18.6 Å². The highest BCUT2D eigenvalue weighted by atomic mass is 32.1. The Morgan fingerprint density at radius 1 is 1.32 bits per heavy atom. The van der Waals surface area contributed by atoms with Gasteiger partial charge >= 0.3 is 0 Å². The molecule has 6 heteroatoms. The summed E-state index contributed by atoms with van der Waals surface area (Å²) in [5.41, 5.74) is 2.27. The molecule has 1 atom stereocenters. The number of hydrogen-bond donors (Lipinski definition) is 1. The largest absolute Gasteiger partial charge is 0.484 e. The van der Waals surface area contributed by atoms with Crippen molar-refractivity contribution in [2.45, 2.75) is 13.0 Å². The van der Waals surface area contributed by atoms with E-state index in [9.17, 15) is 4.79 Å². The monoisotopic (exact) mass is 360 g/mol. The van der Waals surface area contributed by atoms with Crippen molar-refractivity contribution in [1.29, 1.82) is 0 Å². The van der Waals surface area contributed by atoms with Gasteiger partial charge in [0.25, 0.3) is 5.91 Å². The molecule has 134 valence electrons. The number of amides is 1. The highest BCUT2D eigenvalue weighted by Gasteiger charge is 2.23. The molecule has 1 aromatic heterocycles. The van der Waals surface area contributed by atoms with Crippen molar-refractivity contribution in [3.8, 4) is 5.75 Å². The standard InChI is InChI=1S/C19H24N2O3S/c1-15-4-2-3-5-18(15)24-13-19(22)20-12-17(16-6-11-25-14-16)21-7-9-23-10-8-21/h2-6,11,14,17H,7-10,12-13H2,1H3,(H,20,22). The first kappa shape index (κ1) is 17.9. The number of rotatable bonds is 7. The summed E-state index contributed by atoms with van der Waals surface area (Å²) < 4.78 is 11.1. The van der Waals surface area contributed by atoms with Gasteiger partial charge in [-0.05, 0) is 40.9 Å². The van der Waals surface area contributed by atoms with Crippen LogP contribution in [0.3, 0.4) is 0 Å². The van der Waals surface area contributed by atoms with Crippen LogP contribution in [-0.4, -0.2) is 50.3 Å². The normalized spacial score (nSPS) is 16.4. The molecule has 1 aromatic carbocycles. The third kappa shape index (κ3) is 5.04. The number of benzene rings is 1. The fourth-order valence-corrected chi connectivity index (χ4v) is 3.64. The number of ether oxygens (including phenoxy) is 2. The number of carbonyl (C=O) groups excluding carboxylic acids is 1. The maximum atomic E-state index is 12.2. The Kier molecular flexibility index (Phi) is 6.44. The van der Waals surface area contributed by atoms with E-state index in [4.69, 9.17) is 9.47 Å². The lowest BCUT2D eigenvalue weighted by Crippen LogP contribution is -2.44. The number of nitrogens with zero attached hydrogens (tertiary/aromatic N) is 1. The molecule has 1 aliphatic rings. The highest BCUT2D eigenvalue weighted by molar-refractivity contribution is 7.07. The second-order valence-electron chi connectivity index (χ2n) is 6.08. The quantitative estimate of drug-likeness (QED) is 0.825. The summed E-state index contributed by atoms with van der Waals surface area (Å²) in [4.78, 5) is 14.6. The third-order valence-electron chi connectivity index (χ3n) is 4.36. The molecule has 1 amide bonds. The first-order chi connectivity index (χ1) is 12.2. The molecule has 1 N–H and O–H groups in total. The third-order valence-corrected chi connectivity index (χ3v) is 5.06. The van der Waals surface area contributed by atoms with Crippen LogP contribution >= 0.6 is 11.3 Å². The summed E-state index contributed by atoms with van der Waals surface area (Å²) in [6, 6.07) is 10.0. The molecule has 5 nitrogen and oxygen atoms in total. The van der Waals surface area contributed by atoms with Gasteiger partial charge in [0.1, 0.15) is 5.75 Å². The minimum atomic E-state index is -0.100. The van der Waals surface area contributed by atoms with E-state index in [1.807, 2.05) is 31.2 Å². The van der Waals surface area contributed by atoms with Gasteiger partial charge in [-0.1, -0.05) is 18.2 Å². The van der Waals surface area contributed by atoms with Crippen LogP contribution in [0, 0.1) is 6.92 Å². The van der Waals surface area contributed by atoms with Gasteiger partial charge < -0.3 is 14.8 Å². The van der Waals surface area contributed by atoms with E-state index in [1.165, 1.54) is 5.56 Å². The number of aryl methyl sites for hydroxylation is 1. The fraction of sp³-hybridized carbons (Fsp3) is 0.421. The van der Waals surface area contributed by atoms with Crippen LogP contribution in [0.4, 0.5) is 0 Å². The molecule has 0 aliphatic carbocycles. The second-order valence-corrected chi connectivity index (χ2v) is 6.86. The van der Waals surface area contributed by atoms with Gasteiger partial charge in [0.15, 0.2) is 6.61 Å². The van der Waals surface area contributed by atoms with Crippen molar-refractivity contribution in [2.75, 3.05) is 39.5 Å². The average molecular weight is 360 g/mol. The second kappa shape index (κ2) is 8.99. The Morgan fingerprint density at radius 2 is 2.12 bits per heavy atom. The molecule has 25 heavy (non-hydrogen) atoms. The summed E-state index contributed by atoms with van der Waals surface area (Å²) in [7, 11) is 0. The first-order valence-corrected chi connectivity index (χ1v) is 9.47. The predicted octanol–water partition coefficient (Wildman–Crippen LogP) is 2.63. The highest BCUT2D eigenvalue weighted by Crippen LogP contribution is 2.23. The molecule has 0 spiro atoms. The van der Waals surface area contributed by atoms with Crippen LogP contribution in [0.5, 0.6) is 5.75 Å². The van der Waals surface area contributed by atoms with Crippen LogP contribution in [0.2, 0.25) is 0 Å². The zero-order valence-corrected chi connectivity index (χ0v) is 15.3. The van der Waals surface area contributed by atoms with Crippen molar-refractivity contribution >= 4 is 17.2 Å². The van der Waals surface area contributed by atoms with Gasteiger partial charge in [0.05, 0.1) is 19.3 Å². The van der Waals surface area contributed by atoms with E-state index in [1.54, 1.807) is 11.3 Å². The summed E-state index contributed by atoms with van der Waals surface area (Å²) in [5.74, 6) is 0.650. The maximum absolute atomic E-state index is 12.2. The van der Waals surface area contributed by atoms with Gasteiger partial charge in [0, 0.05) is 19.6 Å². The lowest BCUT2D eigenvalue weighted by atomic mass is 10.1. The molecule has 3 rings (SSSR count). The Balaban J connectivity index is 1.53. The first-order valence-electron chi connectivity index (χ1n) is 8.53. The van der Waals surface area contributed by atoms with E-state index >= 15 is 0 Å². The molecule has 2 heterocycles. The topological polar surface area (TPSA) is 50.8 Å². The van der Waals surface area contributed by atoms with E-state index in [0.29, 0.717) is 6.54 Å². The maximum Gasteiger partial charge on any atom is 0.258 e. The fourth-order valence-electron chi connectivity index (χ4n) is 2.93. The van der Waals surface area contributed by atoms with E-state index < -0.39 is 0 Å². The Hall–Kier alpha value is -1.89. The SMILES string of the molecule is Cc1ccccc1OCC(=O)NCC(c1ccsc1)N1CCOCC1. The summed E-state index contributed by atoms with van der Waals surface area (Å²) in [5, 5.41) is 7.24. The zero-order chi connectivity index (χ0) is 17.5. The lowest BCUT2D eigenvalue weighted by Gasteiger charge is -2.34. The number of para-hydroxylation sites is 1. The van der Waals surface area contributed by atoms with Gasteiger partial charge in [-0.2, -0.15) is 11.3 Å². The average Bonchev–Trinajstić information content (AvgIpc) is 3.16. The summed E-state index contributed by atoms with van der Waals surface area (Å²) in [6.45, 7) is 5.83. The molecular weight excluding hydrogens is 336 g/mol. The Labute approximate surface area is 152 Å². The smallest absolute Gasteiger partial charge is 0.258 e. The summed E-state index contributed by atoms with van der Waals surface area (Å²) >= 11 is 1.68. The van der Waals surface area contributed by atoms with Gasteiger partial charge in [-0.15, -0.1) is 0 Å². The molecule has 0 saturated carbocycles. The van der Waals surface area contributed by atoms with E-state index in [2.05, 4.69) is 27.0 Å². The molecule has 0 bridgehead atoms. The number of thiophene rings is 1.